The number of unbranched alkanes of at least 4 members (excludes halogenated alkanes) is 1. The van der Waals surface area contributed by atoms with Crippen molar-refractivity contribution < 1.29 is 14.3 Å². The molecule has 110 valence electrons. The third-order valence-electron chi connectivity index (χ3n) is 3.59. The average Bonchev–Trinajstić information content (AvgIpc) is 2.25. The second-order valence-corrected chi connectivity index (χ2v) is 11.5. The Kier molecular flexibility index (Phi) is 6.47. The van der Waals surface area contributed by atoms with Gasteiger partial charge in [0.2, 0.25) is 5.78 Å². The number of carbonyl (C=O) groups is 1. The van der Waals surface area contributed by atoms with E-state index in [9.17, 15) is 9.90 Å². The summed E-state index contributed by atoms with van der Waals surface area (Å²) >= 11 is 0. The van der Waals surface area contributed by atoms with Crippen molar-refractivity contribution >= 4 is 14.1 Å². The van der Waals surface area contributed by atoms with Crippen molar-refractivity contribution in [1.82, 2.24) is 0 Å². The zero-order chi connectivity index (χ0) is 15.3. The fraction of sp³-hybridized carbons (Fsp3) is 0.800. The van der Waals surface area contributed by atoms with E-state index in [2.05, 4.69) is 45.7 Å². The van der Waals surface area contributed by atoms with Crippen LogP contribution in [0.5, 0.6) is 0 Å². The molecule has 3 nitrogen and oxygen atoms in total. The maximum atomic E-state index is 11.8. The number of rotatable bonds is 5. The van der Waals surface area contributed by atoms with Gasteiger partial charge in [0.25, 0.3) is 0 Å². The Hall–Kier alpha value is -0.633. The van der Waals surface area contributed by atoms with Crippen molar-refractivity contribution in [2.45, 2.75) is 71.2 Å². The molecule has 1 atom stereocenters. The predicted molar refractivity (Wildman–Crippen MR) is 81.5 cm³/mol. The summed E-state index contributed by atoms with van der Waals surface area (Å²) in [4.78, 5) is 11.8. The van der Waals surface area contributed by atoms with Gasteiger partial charge in [-0.2, -0.15) is 0 Å². The SMILES string of the molecule is CCCC#CC(=O)[C@](C)(O)CO[Si](C)(C)C(C)(C)C. The number of aliphatic hydroxyl groups is 1. The standard InChI is InChI=1S/C15H28O3Si/c1-8-9-10-11-13(16)15(5,17)12-18-19(6,7)14(2,3)4/h17H,8-9,12H2,1-7H3/t15-/m1/s1. The summed E-state index contributed by atoms with van der Waals surface area (Å²) in [5, 5.41) is 10.2. The van der Waals surface area contributed by atoms with Crippen LogP contribution in [-0.4, -0.2) is 31.4 Å². The molecule has 0 amide bonds. The highest BCUT2D eigenvalue weighted by molar-refractivity contribution is 6.74. The molecular weight excluding hydrogens is 256 g/mol. The Morgan fingerprint density at radius 2 is 1.79 bits per heavy atom. The third-order valence-corrected chi connectivity index (χ3v) is 8.06. The van der Waals surface area contributed by atoms with Gasteiger partial charge in [-0.15, -0.1) is 0 Å². The Balaban J connectivity index is 4.64. The Morgan fingerprint density at radius 1 is 1.26 bits per heavy atom. The van der Waals surface area contributed by atoms with Crippen molar-refractivity contribution in [1.29, 1.82) is 0 Å². The van der Waals surface area contributed by atoms with Crippen LogP contribution in [0.1, 0.15) is 47.5 Å². The molecule has 0 aromatic carbocycles. The molecule has 0 aromatic rings. The number of hydrogen-bond acceptors (Lipinski definition) is 3. The molecule has 0 aliphatic rings. The summed E-state index contributed by atoms with van der Waals surface area (Å²) in [7, 11) is -1.96. The van der Waals surface area contributed by atoms with Gasteiger partial charge >= 0.3 is 0 Å². The molecule has 0 saturated carbocycles. The number of Topliss-reactive ketones (excluding diaryl/α,β-unsaturated/α-hetero) is 1. The van der Waals surface area contributed by atoms with Gasteiger partial charge in [-0.05, 0) is 37.4 Å². The lowest BCUT2D eigenvalue weighted by molar-refractivity contribution is -0.132. The molecule has 0 rings (SSSR count). The quantitative estimate of drug-likeness (QED) is 0.479. The van der Waals surface area contributed by atoms with Gasteiger partial charge < -0.3 is 9.53 Å². The molecule has 0 unspecified atom stereocenters. The molecule has 0 aliphatic heterocycles. The first kappa shape index (κ1) is 18.4. The smallest absolute Gasteiger partial charge is 0.238 e. The highest BCUT2D eigenvalue weighted by Crippen LogP contribution is 2.36. The lowest BCUT2D eigenvalue weighted by Gasteiger charge is -2.37. The molecule has 0 aromatic heterocycles. The lowest BCUT2D eigenvalue weighted by Crippen LogP contribution is -2.48. The largest absolute Gasteiger partial charge is 0.413 e. The van der Waals surface area contributed by atoms with Crippen molar-refractivity contribution in [2.75, 3.05) is 6.61 Å². The Labute approximate surface area is 118 Å². The molecule has 0 bridgehead atoms. The van der Waals surface area contributed by atoms with Crippen molar-refractivity contribution in [2.24, 2.45) is 0 Å². The molecule has 19 heavy (non-hydrogen) atoms. The van der Waals surface area contributed by atoms with Crippen molar-refractivity contribution in [3.8, 4) is 11.8 Å². The molecular formula is C15H28O3Si. The van der Waals surface area contributed by atoms with Crippen LogP contribution < -0.4 is 0 Å². The van der Waals surface area contributed by atoms with Crippen LogP contribution in [0.2, 0.25) is 18.1 Å². The molecule has 0 saturated heterocycles. The third kappa shape index (κ3) is 5.90. The predicted octanol–water partition coefficient (Wildman–Crippen LogP) is 3.13. The zero-order valence-corrected chi connectivity index (χ0v) is 14.4. The summed E-state index contributed by atoms with van der Waals surface area (Å²) in [5.74, 6) is 4.80. The number of carbonyl (C=O) groups excluding carboxylic acids is 1. The van der Waals surface area contributed by atoms with Crippen LogP contribution in [0.25, 0.3) is 0 Å². The summed E-state index contributed by atoms with van der Waals surface area (Å²) in [5.41, 5.74) is -1.52. The molecule has 0 aliphatic carbocycles. The Bertz CT molecular complexity index is 367. The fourth-order valence-corrected chi connectivity index (χ4v) is 2.08. The summed E-state index contributed by atoms with van der Waals surface area (Å²) < 4.78 is 5.89. The molecule has 0 fully saturated rings. The van der Waals surface area contributed by atoms with Crippen LogP contribution in [0.4, 0.5) is 0 Å². The highest BCUT2D eigenvalue weighted by atomic mass is 28.4. The maximum absolute atomic E-state index is 11.8. The average molecular weight is 284 g/mol. The van der Waals surface area contributed by atoms with Crippen LogP contribution >= 0.6 is 0 Å². The minimum Gasteiger partial charge on any atom is -0.413 e. The van der Waals surface area contributed by atoms with Crippen LogP contribution in [0, 0.1) is 11.8 Å². The summed E-state index contributed by atoms with van der Waals surface area (Å²) in [6, 6.07) is 0. The van der Waals surface area contributed by atoms with E-state index in [1.165, 1.54) is 6.92 Å². The minimum absolute atomic E-state index is 0.0170. The van der Waals surface area contributed by atoms with Crippen molar-refractivity contribution in [3.05, 3.63) is 0 Å². The van der Waals surface area contributed by atoms with E-state index in [0.717, 1.165) is 6.42 Å². The van der Waals surface area contributed by atoms with Crippen LogP contribution in [-0.2, 0) is 9.22 Å². The van der Waals surface area contributed by atoms with E-state index in [-0.39, 0.29) is 11.6 Å². The second kappa shape index (κ2) is 6.69. The second-order valence-electron chi connectivity index (χ2n) is 6.70. The van der Waals surface area contributed by atoms with Crippen LogP contribution in [0.3, 0.4) is 0 Å². The highest BCUT2D eigenvalue weighted by Gasteiger charge is 2.40. The van der Waals surface area contributed by atoms with E-state index in [4.69, 9.17) is 4.43 Å². The van der Waals surface area contributed by atoms with E-state index in [1.807, 2.05) is 6.92 Å². The van der Waals surface area contributed by atoms with Gasteiger partial charge in [0.15, 0.2) is 13.9 Å². The van der Waals surface area contributed by atoms with Gasteiger partial charge in [0.05, 0.1) is 6.61 Å². The van der Waals surface area contributed by atoms with E-state index < -0.39 is 19.7 Å². The topological polar surface area (TPSA) is 46.5 Å². The summed E-state index contributed by atoms with van der Waals surface area (Å²) in [6.45, 7) is 14.0. The van der Waals surface area contributed by atoms with E-state index >= 15 is 0 Å². The van der Waals surface area contributed by atoms with Gasteiger partial charge in [-0.3, -0.25) is 4.79 Å². The van der Waals surface area contributed by atoms with Crippen molar-refractivity contribution in [3.63, 3.8) is 0 Å². The van der Waals surface area contributed by atoms with Crippen LogP contribution in [0.15, 0.2) is 0 Å². The molecule has 4 heteroatoms. The fourth-order valence-electron chi connectivity index (χ4n) is 1.01. The maximum Gasteiger partial charge on any atom is 0.238 e. The molecule has 0 heterocycles. The number of hydrogen-bond donors (Lipinski definition) is 1. The van der Waals surface area contributed by atoms with Gasteiger partial charge in [0, 0.05) is 6.42 Å². The summed E-state index contributed by atoms with van der Waals surface area (Å²) in [6.07, 6.45) is 1.58. The Morgan fingerprint density at radius 3 is 2.21 bits per heavy atom. The van der Waals surface area contributed by atoms with E-state index in [0.29, 0.717) is 6.42 Å². The van der Waals surface area contributed by atoms with Gasteiger partial charge in [-0.25, -0.2) is 0 Å². The normalized spacial score (nSPS) is 15.4. The first-order chi connectivity index (χ1) is 8.44. The van der Waals surface area contributed by atoms with Gasteiger partial charge in [0.1, 0.15) is 0 Å². The van der Waals surface area contributed by atoms with Gasteiger partial charge in [-0.1, -0.05) is 33.6 Å². The van der Waals surface area contributed by atoms with E-state index in [1.54, 1.807) is 0 Å². The first-order valence-electron chi connectivity index (χ1n) is 6.83. The zero-order valence-electron chi connectivity index (χ0n) is 13.4. The monoisotopic (exact) mass is 284 g/mol. The molecule has 0 radical (unpaired) electrons. The molecule has 0 spiro atoms. The number of ketones is 1. The lowest BCUT2D eigenvalue weighted by atomic mass is 10.0. The first-order valence-corrected chi connectivity index (χ1v) is 9.74. The molecule has 1 N–H and O–H groups in total. The minimum atomic E-state index is -1.96.